The molecule has 0 unspecified atom stereocenters. The van der Waals surface area contributed by atoms with Crippen molar-refractivity contribution in [2.45, 2.75) is 26.6 Å². The second-order valence-electron chi connectivity index (χ2n) is 4.84. The van der Waals surface area contributed by atoms with Gasteiger partial charge in [0.25, 0.3) is 0 Å². The lowest BCUT2D eigenvalue weighted by Crippen LogP contribution is -2.18. The lowest BCUT2D eigenvalue weighted by molar-refractivity contribution is -0.143. The first kappa shape index (κ1) is 16.7. The Labute approximate surface area is 131 Å². The van der Waals surface area contributed by atoms with Crippen LogP contribution in [0.3, 0.4) is 0 Å². The summed E-state index contributed by atoms with van der Waals surface area (Å²) in [6, 6.07) is 10.2. The number of thioether (sulfide) groups is 1. The number of nitrogens with zero attached hydrogens (tertiary/aromatic N) is 1. The largest absolute Gasteiger partial charge is 0.432 e. The first-order valence-electron chi connectivity index (χ1n) is 6.83. The van der Waals surface area contributed by atoms with Gasteiger partial charge in [-0.25, -0.2) is 0 Å². The molecular weight excluding hydrogens is 311 g/mol. The van der Waals surface area contributed by atoms with E-state index >= 15 is 0 Å². The zero-order valence-corrected chi connectivity index (χ0v) is 13.1. The predicted octanol–water partition coefficient (Wildman–Crippen LogP) is 4.76. The van der Waals surface area contributed by atoms with Crippen molar-refractivity contribution in [2.24, 2.45) is 0 Å². The molecule has 2 rings (SSSR count). The Morgan fingerprint density at radius 2 is 1.86 bits per heavy atom. The molecule has 1 aromatic carbocycles. The number of aryl methyl sites for hydroxylation is 1. The number of halogens is 3. The summed E-state index contributed by atoms with van der Waals surface area (Å²) >= 11 is 0.891. The molecule has 6 heteroatoms. The van der Waals surface area contributed by atoms with Crippen LogP contribution in [0.2, 0.25) is 0 Å². The molecule has 118 valence electrons. The van der Waals surface area contributed by atoms with Crippen LogP contribution < -0.4 is 0 Å². The zero-order valence-electron chi connectivity index (χ0n) is 12.3. The monoisotopic (exact) mass is 327 g/mol. The predicted molar refractivity (Wildman–Crippen MR) is 82.2 cm³/mol. The summed E-state index contributed by atoms with van der Waals surface area (Å²) < 4.78 is 41.5. The van der Waals surface area contributed by atoms with Crippen LogP contribution in [-0.2, 0) is 12.7 Å². The highest BCUT2D eigenvalue weighted by Gasteiger charge is 2.39. The second-order valence-corrected chi connectivity index (χ2v) is 6.07. The number of rotatable bonds is 4. The standard InChI is InChI=1S/C16H16F3NOS/c1-3-22-15(21)13-9-11(2)20(14(13)16(17,18)19)10-12-7-5-4-6-8-12/h4-9H,3,10H2,1-2H3. The van der Waals surface area contributed by atoms with Crippen LogP contribution in [0.1, 0.15) is 34.2 Å². The van der Waals surface area contributed by atoms with Gasteiger partial charge in [-0.3, -0.25) is 4.79 Å². The van der Waals surface area contributed by atoms with Crippen LogP contribution in [0.5, 0.6) is 0 Å². The summed E-state index contributed by atoms with van der Waals surface area (Å²) in [5.74, 6) is 0.443. The van der Waals surface area contributed by atoms with Crippen molar-refractivity contribution in [1.29, 1.82) is 0 Å². The molecule has 0 bridgehead atoms. The van der Waals surface area contributed by atoms with Gasteiger partial charge in [-0.1, -0.05) is 49.0 Å². The first-order valence-corrected chi connectivity index (χ1v) is 7.81. The van der Waals surface area contributed by atoms with E-state index in [1.54, 1.807) is 38.1 Å². The Morgan fingerprint density at radius 3 is 2.41 bits per heavy atom. The molecule has 2 aromatic rings. The van der Waals surface area contributed by atoms with Gasteiger partial charge in [-0.15, -0.1) is 0 Å². The van der Waals surface area contributed by atoms with E-state index in [2.05, 4.69) is 0 Å². The van der Waals surface area contributed by atoms with Gasteiger partial charge in [-0.2, -0.15) is 13.2 Å². The summed E-state index contributed by atoms with van der Waals surface area (Å²) in [4.78, 5) is 12.0. The molecule has 0 saturated carbocycles. The molecule has 0 fully saturated rings. The summed E-state index contributed by atoms with van der Waals surface area (Å²) in [6.07, 6.45) is -4.57. The summed E-state index contributed by atoms with van der Waals surface area (Å²) in [5.41, 5.74) is 0.0673. The highest BCUT2D eigenvalue weighted by atomic mass is 32.2. The van der Waals surface area contributed by atoms with Crippen LogP contribution in [0.25, 0.3) is 0 Å². The van der Waals surface area contributed by atoms with Gasteiger partial charge in [0, 0.05) is 12.2 Å². The molecule has 0 aliphatic carbocycles. The van der Waals surface area contributed by atoms with Gasteiger partial charge in [0.15, 0.2) is 0 Å². The second kappa shape index (κ2) is 6.60. The van der Waals surface area contributed by atoms with Gasteiger partial charge in [0.2, 0.25) is 5.12 Å². The molecule has 0 amide bonds. The normalized spacial score (nSPS) is 11.7. The Bertz CT molecular complexity index is 662. The molecule has 0 atom stereocenters. The maximum atomic E-state index is 13.4. The third kappa shape index (κ3) is 3.55. The minimum Gasteiger partial charge on any atom is -0.336 e. The maximum Gasteiger partial charge on any atom is 0.432 e. The minimum absolute atomic E-state index is 0.0889. The van der Waals surface area contributed by atoms with Gasteiger partial charge in [-0.05, 0) is 24.3 Å². The van der Waals surface area contributed by atoms with Crippen LogP contribution >= 0.6 is 11.8 Å². The average molecular weight is 327 g/mol. The summed E-state index contributed by atoms with van der Waals surface area (Å²) in [5, 5.41) is -0.537. The highest BCUT2D eigenvalue weighted by Crippen LogP contribution is 2.36. The van der Waals surface area contributed by atoms with Crippen LogP contribution in [0.4, 0.5) is 13.2 Å². The van der Waals surface area contributed by atoms with E-state index in [1.807, 2.05) is 6.07 Å². The molecule has 1 heterocycles. The number of carbonyl (C=O) groups is 1. The van der Waals surface area contributed by atoms with Crippen LogP contribution in [-0.4, -0.2) is 15.4 Å². The maximum absolute atomic E-state index is 13.4. The molecule has 22 heavy (non-hydrogen) atoms. The Balaban J connectivity index is 2.51. The molecule has 0 radical (unpaired) electrons. The zero-order chi connectivity index (χ0) is 16.3. The Hall–Kier alpha value is -1.69. The van der Waals surface area contributed by atoms with Crippen LogP contribution in [0.15, 0.2) is 36.4 Å². The number of carbonyl (C=O) groups excluding carboxylic acids is 1. The lowest BCUT2D eigenvalue weighted by atomic mass is 10.2. The van der Waals surface area contributed by atoms with E-state index in [0.717, 1.165) is 17.3 Å². The van der Waals surface area contributed by atoms with Crippen molar-refractivity contribution >= 4 is 16.9 Å². The molecule has 0 spiro atoms. The average Bonchev–Trinajstić information content (AvgIpc) is 2.77. The van der Waals surface area contributed by atoms with Crippen molar-refractivity contribution in [3.05, 3.63) is 58.9 Å². The van der Waals surface area contributed by atoms with E-state index in [0.29, 0.717) is 11.4 Å². The molecule has 1 aromatic heterocycles. The van der Waals surface area contributed by atoms with Crippen molar-refractivity contribution < 1.29 is 18.0 Å². The first-order chi connectivity index (χ1) is 10.3. The van der Waals surface area contributed by atoms with E-state index in [1.165, 1.54) is 10.6 Å². The fourth-order valence-electron chi connectivity index (χ4n) is 2.32. The smallest absolute Gasteiger partial charge is 0.336 e. The Kier molecular flexibility index (Phi) is 5.01. The molecular formula is C16H16F3NOS. The van der Waals surface area contributed by atoms with Crippen molar-refractivity contribution in [2.75, 3.05) is 5.75 Å². The van der Waals surface area contributed by atoms with Gasteiger partial charge in [0.05, 0.1) is 5.56 Å². The van der Waals surface area contributed by atoms with Gasteiger partial charge in [0.1, 0.15) is 5.69 Å². The third-order valence-corrected chi connectivity index (χ3v) is 4.02. The molecule has 0 N–H and O–H groups in total. The Morgan fingerprint density at radius 1 is 1.23 bits per heavy atom. The number of hydrogen-bond acceptors (Lipinski definition) is 2. The van der Waals surface area contributed by atoms with Crippen LogP contribution in [0, 0.1) is 6.92 Å². The van der Waals surface area contributed by atoms with Crippen molar-refractivity contribution in [1.82, 2.24) is 4.57 Å². The lowest BCUT2D eigenvalue weighted by Gasteiger charge is -2.15. The van der Waals surface area contributed by atoms with E-state index in [4.69, 9.17) is 0 Å². The van der Waals surface area contributed by atoms with E-state index in [9.17, 15) is 18.0 Å². The van der Waals surface area contributed by atoms with Crippen molar-refractivity contribution in [3.63, 3.8) is 0 Å². The molecule has 2 nitrogen and oxygen atoms in total. The minimum atomic E-state index is -4.57. The fourth-order valence-corrected chi connectivity index (χ4v) is 2.89. The third-order valence-electron chi connectivity index (χ3n) is 3.25. The van der Waals surface area contributed by atoms with Gasteiger partial charge >= 0.3 is 6.18 Å². The topological polar surface area (TPSA) is 22.0 Å². The number of benzene rings is 1. The van der Waals surface area contributed by atoms with E-state index in [-0.39, 0.29) is 12.1 Å². The molecule has 0 aliphatic heterocycles. The van der Waals surface area contributed by atoms with Crippen molar-refractivity contribution in [3.8, 4) is 0 Å². The summed E-state index contributed by atoms with van der Waals surface area (Å²) in [7, 11) is 0. The SMILES string of the molecule is CCSC(=O)c1cc(C)n(Cc2ccccc2)c1C(F)(F)F. The number of hydrogen-bond donors (Lipinski definition) is 0. The van der Waals surface area contributed by atoms with E-state index < -0.39 is 17.0 Å². The van der Waals surface area contributed by atoms with Gasteiger partial charge < -0.3 is 4.57 Å². The number of aromatic nitrogens is 1. The summed E-state index contributed by atoms with van der Waals surface area (Å²) in [6.45, 7) is 3.42. The molecule has 0 aliphatic rings. The quantitative estimate of drug-likeness (QED) is 0.808. The molecule has 0 saturated heterocycles. The highest BCUT2D eigenvalue weighted by molar-refractivity contribution is 8.14. The fraction of sp³-hybridized carbons (Fsp3) is 0.312. The number of alkyl halides is 3.